The molecule has 4 heteroatoms. The summed E-state index contributed by atoms with van der Waals surface area (Å²) < 4.78 is 5.68. The summed E-state index contributed by atoms with van der Waals surface area (Å²) in [6.07, 6.45) is 5.18. The number of nitrogens with one attached hydrogen (secondary N) is 1. The van der Waals surface area contributed by atoms with Crippen LogP contribution >= 0.6 is 0 Å². The molecule has 19 heavy (non-hydrogen) atoms. The Bertz CT molecular complexity index is 439. The summed E-state index contributed by atoms with van der Waals surface area (Å²) in [4.78, 5) is 11.9. The van der Waals surface area contributed by atoms with Gasteiger partial charge in [0.05, 0.1) is 12.7 Å². The number of aryl methyl sites for hydroxylation is 1. The standard InChI is InChI=1S/C15H21NO3/c1-11-10-12(17)6-7-14(11)15(18)16-8-9-19-13-4-2-3-5-13/h6-7,10,13,17H,2-5,8-9H2,1H3,(H,16,18). The number of carbonyl (C=O) groups is 1. The van der Waals surface area contributed by atoms with Crippen molar-refractivity contribution in [3.63, 3.8) is 0 Å². The van der Waals surface area contributed by atoms with Crippen molar-refractivity contribution in [3.05, 3.63) is 29.3 Å². The average Bonchev–Trinajstić information content (AvgIpc) is 2.87. The molecule has 0 bridgehead atoms. The van der Waals surface area contributed by atoms with E-state index >= 15 is 0 Å². The van der Waals surface area contributed by atoms with Crippen LogP contribution in [0.2, 0.25) is 0 Å². The lowest BCUT2D eigenvalue weighted by molar-refractivity contribution is 0.0581. The molecule has 1 fully saturated rings. The Morgan fingerprint density at radius 2 is 2.16 bits per heavy atom. The number of hydrogen-bond acceptors (Lipinski definition) is 3. The van der Waals surface area contributed by atoms with E-state index in [0.717, 1.165) is 18.4 Å². The van der Waals surface area contributed by atoms with Crippen molar-refractivity contribution >= 4 is 5.91 Å². The fourth-order valence-corrected chi connectivity index (χ4v) is 2.44. The van der Waals surface area contributed by atoms with Gasteiger partial charge in [-0.3, -0.25) is 4.79 Å². The molecule has 1 aliphatic carbocycles. The second kappa shape index (κ2) is 6.57. The first-order valence-electron chi connectivity index (χ1n) is 6.86. The van der Waals surface area contributed by atoms with E-state index in [1.54, 1.807) is 12.1 Å². The third-order valence-corrected chi connectivity index (χ3v) is 3.50. The van der Waals surface area contributed by atoms with E-state index in [9.17, 15) is 9.90 Å². The Kier molecular flexibility index (Phi) is 4.80. The number of ether oxygens (including phenoxy) is 1. The second-order valence-electron chi connectivity index (χ2n) is 5.03. The quantitative estimate of drug-likeness (QED) is 0.802. The van der Waals surface area contributed by atoms with Gasteiger partial charge in [0, 0.05) is 12.1 Å². The minimum absolute atomic E-state index is 0.118. The summed E-state index contributed by atoms with van der Waals surface area (Å²) in [7, 11) is 0. The van der Waals surface area contributed by atoms with Crippen LogP contribution in [-0.4, -0.2) is 30.3 Å². The molecule has 2 N–H and O–H groups in total. The second-order valence-corrected chi connectivity index (χ2v) is 5.03. The number of phenols is 1. The van der Waals surface area contributed by atoms with E-state index in [2.05, 4.69) is 5.32 Å². The van der Waals surface area contributed by atoms with Gasteiger partial charge in [0.2, 0.25) is 0 Å². The smallest absolute Gasteiger partial charge is 0.251 e. The van der Waals surface area contributed by atoms with E-state index < -0.39 is 0 Å². The highest BCUT2D eigenvalue weighted by Gasteiger charge is 2.15. The predicted molar refractivity (Wildman–Crippen MR) is 73.4 cm³/mol. The highest BCUT2D eigenvalue weighted by Crippen LogP contribution is 2.20. The Morgan fingerprint density at radius 1 is 1.42 bits per heavy atom. The third kappa shape index (κ3) is 3.96. The molecule has 1 aliphatic rings. The van der Waals surface area contributed by atoms with Gasteiger partial charge in [0.15, 0.2) is 0 Å². The lowest BCUT2D eigenvalue weighted by atomic mass is 10.1. The monoisotopic (exact) mass is 263 g/mol. The van der Waals surface area contributed by atoms with Crippen molar-refractivity contribution in [2.24, 2.45) is 0 Å². The highest BCUT2D eigenvalue weighted by atomic mass is 16.5. The number of aromatic hydroxyl groups is 1. The Balaban J connectivity index is 1.74. The molecule has 0 saturated heterocycles. The third-order valence-electron chi connectivity index (χ3n) is 3.50. The Morgan fingerprint density at radius 3 is 2.84 bits per heavy atom. The van der Waals surface area contributed by atoms with E-state index in [-0.39, 0.29) is 11.7 Å². The maximum absolute atomic E-state index is 11.9. The lowest BCUT2D eigenvalue weighted by Crippen LogP contribution is -2.28. The minimum atomic E-state index is -0.118. The highest BCUT2D eigenvalue weighted by molar-refractivity contribution is 5.95. The van der Waals surface area contributed by atoms with Crippen LogP contribution in [0.1, 0.15) is 41.6 Å². The molecular formula is C15H21NO3. The van der Waals surface area contributed by atoms with Crippen molar-refractivity contribution in [2.45, 2.75) is 38.7 Å². The van der Waals surface area contributed by atoms with Gasteiger partial charge in [-0.1, -0.05) is 12.8 Å². The zero-order valence-corrected chi connectivity index (χ0v) is 11.3. The molecular weight excluding hydrogens is 242 g/mol. The molecule has 4 nitrogen and oxygen atoms in total. The number of benzene rings is 1. The molecule has 0 atom stereocenters. The first-order chi connectivity index (χ1) is 9.16. The van der Waals surface area contributed by atoms with Gasteiger partial charge in [-0.15, -0.1) is 0 Å². The SMILES string of the molecule is Cc1cc(O)ccc1C(=O)NCCOC1CCCC1. The maximum atomic E-state index is 11.9. The molecule has 0 unspecified atom stereocenters. The normalized spacial score (nSPS) is 15.6. The van der Waals surface area contributed by atoms with E-state index in [4.69, 9.17) is 4.74 Å². The molecule has 1 amide bonds. The van der Waals surface area contributed by atoms with Gasteiger partial charge >= 0.3 is 0 Å². The summed E-state index contributed by atoms with van der Waals surface area (Å²) in [6.45, 7) is 2.90. The maximum Gasteiger partial charge on any atom is 0.251 e. The van der Waals surface area contributed by atoms with Gasteiger partial charge < -0.3 is 15.2 Å². The van der Waals surface area contributed by atoms with Gasteiger partial charge in [0.1, 0.15) is 5.75 Å². The van der Waals surface area contributed by atoms with Gasteiger partial charge in [-0.2, -0.15) is 0 Å². The van der Waals surface area contributed by atoms with Crippen molar-refractivity contribution < 1.29 is 14.6 Å². The van der Waals surface area contributed by atoms with Crippen LogP contribution < -0.4 is 5.32 Å². The molecule has 0 spiro atoms. The first kappa shape index (κ1) is 13.9. The van der Waals surface area contributed by atoms with Gasteiger partial charge in [-0.25, -0.2) is 0 Å². The average molecular weight is 263 g/mol. The van der Waals surface area contributed by atoms with E-state index in [1.165, 1.54) is 18.9 Å². The molecule has 0 aliphatic heterocycles. The molecule has 1 saturated carbocycles. The van der Waals surface area contributed by atoms with Crippen LogP contribution in [0.4, 0.5) is 0 Å². The van der Waals surface area contributed by atoms with Crippen LogP contribution in [0.3, 0.4) is 0 Å². The fourth-order valence-electron chi connectivity index (χ4n) is 2.44. The van der Waals surface area contributed by atoms with Crippen LogP contribution in [-0.2, 0) is 4.74 Å². The largest absolute Gasteiger partial charge is 0.508 e. The molecule has 2 rings (SSSR count). The summed E-state index contributed by atoms with van der Waals surface area (Å²) in [6, 6.07) is 4.75. The number of amides is 1. The van der Waals surface area contributed by atoms with Crippen LogP contribution in [0.5, 0.6) is 5.75 Å². The van der Waals surface area contributed by atoms with Crippen molar-refractivity contribution in [3.8, 4) is 5.75 Å². The molecule has 0 aromatic heterocycles. The number of hydrogen-bond donors (Lipinski definition) is 2. The Labute approximate surface area is 113 Å². The topological polar surface area (TPSA) is 58.6 Å². The summed E-state index contributed by atoms with van der Waals surface area (Å²) in [5.74, 6) is 0.0612. The minimum Gasteiger partial charge on any atom is -0.508 e. The summed E-state index contributed by atoms with van der Waals surface area (Å²) >= 11 is 0. The van der Waals surface area contributed by atoms with Crippen LogP contribution in [0, 0.1) is 6.92 Å². The molecule has 1 aromatic carbocycles. The van der Waals surface area contributed by atoms with Crippen molar-refractivity contribution in [1.82, 2.24) is 5.32 Å². The Hall–Kier alpha value is -1.55. The van der Waals surface area contributed by atoms with Gasteiger partial charge in [-0.05, 0) is 43.5 Å². The van der Waals surface area contributed by atoms with Gasteiger partial charge in [0.25, 0.3) is 5.91 Å². The number of phenolic OH excluding ortho intramolecular Hbond substituents is 1. The van der Waals surface area contributed by atoms with Crippen molar-refractivity contribution in [1.29, 1.82) is 0 Å². The number of carbonyl (C=O) groups excluding carboxylic acids is 1. The number of rotatable bonds is 5. The van der Waals surface area contributed by atoms with Crippen LogP contribution in [0.15, 0.2) is 18.2 Å². The molecule has 104 valence electrons. The summed E-state index contributed by atoms with van der Waals surface area (Å²) in [5.41, 5.74) is 1.37. The van der Waals surface area contributed by atoms with Crippen LogP contribution in [0.25, 0.3) is 0 Å². The molecule has 1 aromatic rings. The predicted octanol–water partition coefficient (Wildman–Crippen LogP) is 2.39. The first-order valence-corrected chi connectivity index (χ1v) is 6.86. The zero-order valence-electron chi connectivity index (χ0n) is 11.3. The van der Waals surface area contributed by atoms with E-state index in [0.29, 0.717) is 24.8 Å². The molecule has 0 heterocycles. The lowest BCUT2D eigenvalue weighted by Gasteiger charge is -2.12. The fraction of sp³-hybridized carbons (Fsp3) is 0.533. The van der Waals surface area contributed by atoms with Crippen molar-refractivity contribution in [2.75, 3.05) is 13.2 Å². The zero-order chi connectivity index (χ0) is 13.7. The summed E-state index contributed by atoms with van der Waals surface area (Å²) in [5, 5.41) is 12.1. The van der Waals surface area contributed by atoms with E-state index in [1.807, 2.05) is 6.92 Å². The molecule has 0 radical (unpaired) electrons.